The van der Waals surface area contributed by atoms with Crippen LogP contribution >= 0.6 is 0 Å². The maximum absolute atomic E-state index is 11.9. The van der Waals surface area contributed by atoms with Gasteiger partial charge in [-0.05, 0) is 19.1 Å². The van der Waals surface area contributed by atoms with Crippen molar-refractivity contribution in [3.8, 4) is 0 Å². The molecule has 1 aliphatic heterocycles. The topological polar surface area (TPSA) is 90.4 Å². The zero-order valence-corrected chi connectivity index (χ0v) is 13.2. The molecule has 3 rings (SSSR count). The lowest BCUT2D eigenvalue weighted by Gasteiger charge is -2.12. The average molecular weight is 330 g/mol. The molecule has 7 heteroatoms. The van der Waals surface area contributed by atoms with Crippen molar-refractivity contribution in [3.05, 3.63) is 68.5 Å². The van der Waals surface area contributed by atoms with Gasteiger partial charge in [0.15, 0.2) is 0 Å². The molecule has 0 aliphatic carbocycles. The molecule has 0 bridgehead atoms. The first-order valence-corrected chi connectivity index (χ1v) is 7.70. The average Bonchev–Trinajstić information content (AvgIpc) is 3.05. The second kappa shape index (κ2) is 6.84. The van der Waals surface area contributed by atoms with E-state index in [2.05, 4.69) is 4.98 Å². The Labute approximate surface area is 137 Å². The number of rotatable bonds is 4. The van der Waals surface area contributed by atoms with Crippen molar-refractivity contribution in [2.75, 3.05) is 13.2 Å². The maximum atomic E-state index is 11.9. The molecule has 1 fully saturated rings. The monoisotopic (exact) mass is 330 g/mol. The Morgan fingerprint density at radius 1 is 1.33 bits per heavy atom. The number of H-pyrrole nitrogens is 1. The molecule has 1 aromatic heterocycles. The summed E-state index contributed by atoms with van der Waals surface area (Å²) in [5.41, 5.74) is 0.109. The number of benzene rings is 1. The molecule has 2 heterocycles. The van der Waals surface area contributed by atoms with Gasteiger partial charge in [-0.25, -0.2) is 9.59 Å². The van der Waals surface area contributed by atoms with E-state index in [1.807, 2.05) is 6.07 Å². The van der Waals surface area contributed by atoms with Gasteiger partial charge in [0.25, 0.3) is 5.56 Å². The summed E-state index contributed by atoms with van der Waals surface area (Å²) in [7, 11) is 0. The zero-order chi connectivity index (χ0) is 17.1. The van der Waals surface area contributed by atoms with Gasteiger partial charge in [0.2, 0.25) is 0 Å². The summed E-state index contributed by atoms with van der Waals surface area (Å²) in [6.07, 6.45) is 1.79. The number of aromatic amines is 1. The van der Waals surface area contributed by atoms with Crippen LogP contribution in [0.4, 0.5) is 0 Å². The van der Waals surface area contributed by atoms with Crippen LogP contribution < -0.4 is 11.2 Å². The second-order valence-corrected chi connectivity index (χ2v) is 5.79. The van der Waals surface area contributed by atoms with Gasteiger partial charge < -0.3 is 9.47 Å². The van der Waals surface area contributed by atoms with Crippen molar-refractivity contribution in [1.82, 2.24) is 9.55 Å². The number of ether oxygens (including phenoxy) is 2. The van der Waals surface area contributed by atoms with Gasteiger partial charge in [-0.15, -0.1) is 0 Å². The van der Waals surface area contributed by atoms with E-state index in [4.69, 9.17) is 9.47 Å². The smallest absolute Gasteiger partial charge is 0.338 e. The number of hydrogen-bond acceptors (Lipinski definition) is 5. The molecule has 0 unspecified atom stereocenters. The molecule has 2 aromatic rings. The van der Waals surface area contributed by atoms with Crippen molar-refractivity contribution < 1.29 is 14.3 Å². The number of esters is 1. The van der Waals surface area contributed by atoms with Gasteiger partial charge in [0, 0.05) is 18.2 Å². The number of carbonyl (C=O) groups excluding carboxylic acids is 1. The quantitative estimate of drug-likeness (QED) is 0.846. The highest BCUT2D eigenvalue weighted by Crippen LogP contribution is 2.23. The lowest BCUT2D eigenvalue weighted by atomic mass is 10.2. The number of aryl methyl sites for hydroxylation is 1. The molecule has 0 spiro atoms. The Morgan fingerprint density at radius 2 is 2.08 bits per heavy atom. The Morgan fingerprint density at radius 3 is 2.83 bits per heavy atom. The third-order valence-electron chi connectivity index (χ3n) is 4.01. The fraction of sp³-hybridized carbons (Fsp3) is 0.353. The van der Waals surface area contributed by atoms with Crippen LogP contribution in [0.15, 0.2) is 46.1 Å². The van der Waals surface area contributed by atoms with E-state index in [0.29, 0.717) is 24.2 Å². The summed E-state index contributed by atoms with van der Waals surface area (Å²) < 4.78 is 12.3. The molecule has 7 nitrogen and oxygen atoms in total. The molecule has 1 aliphatic rings. The number of nitrogens with zero attached hydrogens (tertiary/aromatic N) is 1. The first kappa shape index (κ1) is 16.2. The predicted molar refractivity (Wildman–Crippen MR) is 86.2 cm³/mol. The lowest BCUT2D eigenvalue weighted by Crippen LogP contribution is -2.33. The normalized spacial score (nSPS) is 20.0. The molecule has 1 N–H and O–H groups in total. The summed E-state index contributed by atoms with van der Waals surface area (Å²) >= 11 is 0. The summed E-state index contributed by atoms with van der Waals surface area (Å²) in [5.74, 6) is -0.403. The third kappa shape index (κ3) is 3.46. The number of carbonyl (C=O) groups is 1. The summed E-state index contributed by atoms with van der Waals surface area (Å²) in [6, 6.07) is 8.54. The molecule has 1 saturated heterocycles. The summed E-state index contributed by atoms with van der Waals surface area (Å²) in [4.78, 5) is 37.5. The Balaban J connectivity index is 1.60. The minimum Gasteiger partial charge on any atom is -0.459 e. The van der Waals surface area contributed by atoms with Crippen LogP contribution in [-0.4, -0.2) is 34.8 Å². The molecule has 126 valence electrons. The van der Waals surface area contributed by atoms with E-state index < -0.39 is 11.7 Å². The molecular formula is C17H18N2O5. The third-order valence-corrected chi connectivity index (χ3v) is 4.01. The van der Waals surface area contributed by atoms with Crippen LogP contribution in [0.5, 0.6) is 0 Å². The van der Waals surface area contributed by atoms with Gasteiger partial charge in [0.1, 0.15) is 6.61 Å². The van der Waals surface area contributed by atoms with Crippen molar-refractivity contribution in [2.45, 2.75) is 25.5 Å². The number of nitrogens with one attached hydrogen (secondary N) is 1. The minimum absolute atomic E-state index is 0.126. The summed E-state index contributed by atoms with van der Waals surface area (Å²) in [6.45, 7) is 2.10. The van der Waals surface area contributed by atoms with Crippen molar-refractivity contribution in [3.63, 3.8) is 0 Å². The van der Waals surface area contributed by atoms with E-state index in [9.17, 15) is 14.4 Å². The zero-order valence-electron chi connectivity index (χ0n) is 13.2. The SMILES string of the molecule is Cc1cn([C@@H]2CO[C@H](COC(=O)c3ccccc3)C2)c(=O)[nH]c1=O. The Bertz CT molecular complexity index is 840. The van der Waals surface area contributed by atoms with E-state index in [-0.39, 0.29) is 24.3 Å². The Kier molecular flexibility index (Phi) is 4.61. The number of aromatic nitrogens is 2. The van der Waals surface area contributed by atoms with Crippen LogP contribution in [0.3, 0.4) is 0 Å². The van der Waals surface area contributed by atoms with Gasteiger partial charge in [-0.3, -0.25) is 14.3 Å². The van der Waals surface area contributed by atoms with Crippen LogP contribution in [0, 0.1) is 6.92 Å². The van der Waals surface area contributed by atoms with Crippen molar-refractivity contribution in [2.24, 2.45) is 0 Å². The van der Waals surface area contributed by atoms with Crippen molar-refractivity contribution in [1.29, 1.82) is 0 Å². The first-order valence-electron chi connectivity index (χ1n) is 7.70. The second-order valence-electron chi connectivity index (χ2n) is 5.79. The molecule has 2 atom stereocenters. The standard InChI is InChI=1S/C17H18N2O5/c1-11-8-19(17(22)18-15(11)20)13-7-14(23-9-13)10-24-16(21)12-5-3-2-4-6-12/h2-6,8,13-14H,7,9-10H2,1H3,(H,18,20,22)/t13-,14-/m0/s1. The van der Waals surface area contributed by atoms with Gasteiger partial charge in [0.05, 0.1) is 24.3 Å². The van der Waals surface area contributed by atoms with Crippen LogP contribution in [0.1, 0.15) is 28.4 Å². The Hall–Kier alpha value is -2.67. The van der Waals surface area contributed by atoms with Crippen LogP contribution in [0.25, 0.3) is 0 Å². The maximum Gasteiger partial charge on any atom is 0.338 e. The fourth-order valence-corrected chi connectivity index (χ4v) is 2.68. The van der Waals surface area contributed by atoms with E-state index in [1.54, 1.807) is 31.2 Å². The highest BCUT2D eigenvalue weighted by Gasteiger charge is 2.28. The highest BCUT2D eigenvalue weighted by molar-refractivity contribution is 5.89. The molecule has 0 saturated carbocycles. The van der Waals surface area contributed by atoms with Gasteiger partial charge in [-0.2, -0.15) is 0 Å². The highest BCUT2D eigenvalue weighted by atomic mass is 16.6. The van der Waals surface area contributed by atoms with E-state index in [0.717, 1.165) is 0 Å². The number of hydrogen-bond donors (Lipinski definition) is 1. The molecule has 0 amide bonds. The van der Waals surface area contributed by atoms with E-state index in [1.165, 1.54) is 10.8 Å². The molecule has 1 aromatic carbocycles. The van der Waals surface area contributed by atoms with Gasteiger partial charge in [-0.1, -0.05) is 18.2 Å². The van der Waals surface area contributed by atoms with Gasteiger partial charge >= 0.3 is 11.7 Å². The molecule has 24 heavy (non-hydrogen) atoms. The van der Waals surface area contributed by atoms with Crippen LogP contribution in [0.2, 0.25) is 0 Å². The largest absolute Gasteiger partial charge is 0.459 e. The van der Waals surface area contributed by atoms with E-state index >= 15 is 0 Å². The minimum atomic E-state index is -0.457. The molecule has 0 radical (unpaired) electrons. The van der Waals surface area contributed by atoms with Crippen LogP contribution in [-0.2, 0) is 9.47 Å². The lowest BCUT2D eigenvalue weighted by molar-refractivity contribution is 0.0157. The predicted octanol–water partition coefficient (Wildman–Crippen LogP) is 1.03. The summed E-state index contributed by atoms with van der Waals surface area (Å²) in [5, 5.41) is 0. The van der Waals surface area contributed by atoms with Crippen molar-refractivity contribution >= 4 is 5.97 Å². The fourth-order valence-electron chi connectivity index (χ4n) is 2.68. The molecular weight excluding hydrogens is 312 g/mol. The first-order chi connectivity index (χ1) is 11.5.